The molecule has 0 unspecified atom stereocenters. The Bertz CT molecular complexity index is 1590. The lowest BCUT2D eigenvalue weighted by Crippen LogP contribution is -2.29. The number of halogens is 1. The van der Waals surface area contributed by atoms with Crippen molar-refractivity contribution in [2.75, 3.05) is 4.90 Å². The summed E-state index contributed by atoms with van der Waals surface area (Å²) >= 11 is 7.36. The van der Waals surface area contributed by atoms with Crippen LogP contribution in [0.5, 0.6) is 11.5 Å². The van der Waals surface area contributed by atoms with E-state index in [1.807, 2.05) is 6.92 Å². The largest absolute Gasteiger partial charge is 0.508 e. The smallest absolute Gasteiger partial charge is 0.301 e. The minimum absolute atomic E-state index is 0.0208. The number of hydrogen-bond acceptors (Lipinski definition) is 7. The Labute approximate surface area is 214 Å². The van der Waals surface area contributed by atoms with E-state index in [9.17, 15) is 19.8 Å². The van der Waals surface area contributed by atoms with Crippen molar-refractivity contribution < 1.29 is 24.5 Å². The van der Waals surface area contributed by atoms with Crippen LogP contribution in [0.25, 0.3) is 16.0 Å². The zero-order chi connectivity index (χ0) is 25.1. The predicted molar refractivity (Wildman–Crippen MR) is 138 cm³/mol. The van der Waals surface area contributed by atoms with Crippen molar-refractivity contribution in [3.05, 3.63) is 87.9 Å². The molecule has 3 aromatic carbocycles. The fraction of sp³-hybridized carbons (Fsp3) is 0.148. The fourth-order valence-electron chi connectivity index (χ4n) is 4.72. The number of fused-ring (bicyclic) bond motifs is 2. The molecule has 0 aliphatic carbocycles. The number of rotatable bonds is 3. The van der Waals surface area contributed by atoms with E-state index in [4.69, 9.17) is 16.3 Å². The van der Waals surface area contributed by atoms with Crippen molar-refractivity contribution in [2.24, 2.45) is 0 Å². The summed E-state index contributed by atoms with van der Waals surface area (Å²) in [7, 11) is 0. The van der Waals surface area contributed by atoms with E-state index in [-0.39, 0.29) is 23.2 Å². The lowest BCUT2D eigenvalue weighted by atomic mass is 9.94. The van der Waals surface area contributed by atoms with Crippen LogP contribution in [-0.4, -0.2) is 33.0 Å². The van der Waals surface area contributed by atoms with Gasteiger partial charge in [0.15, 0.2) is 5.13 Å². The number of aromatic hydroxyl groups is 1. The van der Waals surface area contributed by atoms with Crippen LogP contribution in [0.1, 0.15) is 29.7 Å². The predicted octanol–water partition coefficient (Wildman–Crippen LogP) is 5.61. The molecule has 2 aliphatic heterocycles. The molecule has 0 bridgehead atoms. The average molecular weight is 519 g/mol. The topological polar surface area (TPSA) is 100.0 Å². The number of phenols is 1. The highest BCUT2D eigenvalue weighted by Gasteiger charge is 2.48. The van der Waals surface area contributed by atoms with Gasteiger partial charge in [0.05, 0.1) is 21.8 Å². The number of benzene rings is 3. The fourth-order valence-corrected chi connectivity index (χ4v) is 5.98. The maximum atomic E-state index is 13.4. The number of aliphatic hydroxyl groups is 1. The summed E-state index contributed by atoms with van der Waals surface area (Å²) < 4.78 is 6.51. The van der Waals surface area contributed by atoms with Crippen molar-refractivity contribution in [1.29, 1.82) is 0 Å². The van der Waals surface area contributed by atoms with Crippen LogP contribution in [0.15, 0.2) is 66.2 Å². The molecule has 9 heteroatoms. The number of hydrogen-bond donors (Lipinski definition) is 2. The van der Waals surface area contributed by atoms with Crippen molar-refractivity contribution in [3.63, 3.8) is 0 Å². The second-order valence-electron chi connectivity index (χ2n) is 8.82. The van der Waals surface area contributed by atoms with Crippen LogP contribution in [0.3, 0.4) is 0 Å². The number of amides is 1. The summed E-state index contributed by atoms with van der Waals surface area (Å²) in [6.07, 6.45) is 0.702. The SMILES string of the molecule is C[C@@H]1Cc2cc(C(O)=C3C(=O)C(=O)N(c4nc5ccc(Cl)cc5s4)[C@@H]3c3ccc(O)cc3)ccc2O1. The van der Waals surface area contributed by atoms with Crippen LogP contribution >= 0.6 is 22.9 Å². The van der Waals surface area contributed by atoms with Gasteiger partial charge in [0.1, 0.15) is 23.4 Å². The van der Waals surface area contributed by atoms with Crippen molar-refractivity contribution in [1.82, 2.24) is 4.98 Å². The molecule has 7 nitrogen and oxygen atoms in total. The lowest BCUT2D eigenvalue weighted by Gasteiger charge is -2.23. The highest BCUT2D eigenvalue weighted by Crippen LogP contribution is 2.45. The minimum Gasteiger partial charge on any atom is -0.508 e. The van der Waals surface area contributed by atoms with E-state index < -0.39 is 17.7 Å². The van der Waals surface area contributed by atoms with Crippen LogP contribution in [-0.2, 0) is 16.0 Å². The van der Waals surface area contributed by atoms with Gasteiger partial charge in [-0.25, -0.2) is 4.98 Å². The van der Waals surface area contributed by atoms with E-state index in [1.54, 1.807) is 48.5 Å². The minimum atomic E-state index is -0.940. The molecular weight excluding hydrogens is 500 g/mol. The Morgan fingerprint density at radius 2 is 1.89 bits per heavy atom. The van der Waals surface area contributed by atoms with Gasteiger partial charge >= 0.3 is 5.91 Å². The molecule has 1 saturated heterocycles. The number of carbonyl (C=O) groups excluding carboxylic acids is 2. The van der Waals surface area contributed by atoms with Crippen LogP contribution in [0, 0.1) is 0 Å². The maximum Gasteiger partial charge on any atom is 0.301 e. The molecule has 2 aliphatic rings. The van der Waals surface area contributed by atoms with Gasteiger partial charge in [0, 0.05) is 17.0 Å². The van der Waals surface area contributed by atoms with Gasteiger partial charge in [-0.2, -0.15) is 0 Å². The summed E-state index contributed by atoms with van der Waals surface area (Å²) in [4.78, 5) is 32.6. The molecule has 1 fully saturated rings. The van der Waals surface area contributed by atoms with Crippen molar-refractivity contribution >= 4 is 55.7 Å². The van der Waals surface area contributed by atoms with Crippen LogP contribution in [0.4, 0.5) is 5.13 Å². The Morgan fingerprint density at radius 3 is 2.67 bits per heavy atom. The number of phenolic OH excluding ortho intramolecular Hbond substituents is 1. The molecule has 2 atom stereocenters. The number of anilines is 1. The first-order valence-corrected chi connectivity index (χ1v) is 12.5. The van der Waals surface area contributed by atoms with Crippen LogP contribution < -0.4 is 9.64 Å². The number of aromatic nitrogens is 1. The summed E-state index contributed by atoms with van der Waals surface area (Å²) in [5, 5.41) is 22.1. The maximum absolute atomic E-state index is 13.4. The number of nitrogens with zero attached hydrogens (tertiary/aromatic N) is 2. The van der Waals surface area contributed by atoms with Crippen molar-refractivity contribution in [3.8, 4) is 11.5 Å². The summed E-state index contributed by atoms with van der Waals surface area (Å²) in [6.45, 7) is 1.96. The Balaban J connectivity index is 1.53. The zero-order valence-electron chi connectivity index (χ0n) is 18.9. The van der Waals surface area contributed by atoms with Gasteiger partial charge in [0.2, 0.25) is 0 Å². The van der Waals surface area contributed by atoms with Gasteiger partial charge in [-0.3, -0.25) is 14.5 Å². The van der Waals surface area contributed by atoms with E-state index in [2.05, 4.69) is 4.98 Å². The molecule has 0 saturated carbocycles. The van der Waals surface area contributed by atoms with Gasteiger partial charge < -0.3 is 14.9 Å². The lowest BCUT2D eigenvalue weighted by molar-refractivity contribution is -0.132. The van der Waals surface area contributed by atoms with Gasteiger partial charge in [-0.1, -0.05) is 35.1 Å². The highest BCUT2D eigenvalue weighted by atomic mass is 35.5. The van der Waals surface area contributed by atoms with Gasteiger partial charge in [-0.15, -0.1) is 0 Å². The quantitative estimate of drug-likeness (QED) is 0.208. The molecule has 180 valence electrons. The molecule has 0 spiro atoms. The highest BCUT2D eigenvalue weighted by molar-refractivity contribution is 7.22. The first kappa shape index (κ1) is 22.6. The number of thiazole rings is 1. The Hall–Kier alpha value is -3.88. The molecule has 0 radical (unpaired) electrons. The number of ketones is 1. The average Bonchev–Trinajstić information content (AvgIpc) is 3.51. The third-order valence-corrected chi connectivity index (χ3v) is 7.62. The molecular formula is C27H19ClN2O5S. The van der Waals surface area contributed by atoms with E-state index in [0.717, 1.165) is 16.0 Å². The Kier molecular flexibility index (Phi) is 5.24. The third kappa shape index (κ3) is 3.61. The molecule has 36 heavy (non-hydrogen) atoms. The summed E-state index contributed by atoms with van der Waals surface area (Å²) in [6, 6.07) is 15.7. The second kappa shape index (κ2) is 8.36. The summed E-state index contributed by atoms with van der Waals surface area (Å²) in [5.74, 6) is -1.10. The number of Topliss-reactive ketones (excluding diaryl/α,β-unsaturated/α-hetero) is 1. The van der Waals surface area contributed by atoms with Gasteiger partial charge in [-0.05, 0) is 66.6 Å². The molecule has 1 amide bonds. The third-order valence-electron chi connectivity index (χ3n) is 6.37. The Morgan fingerprint density at radius 1 is 1.11 bits per heavy atom. The molecule has 3 heterocycles. The zero-order valence-corrected chi connectivity index (χ0v) is 20.5. The van der Waals surface area contributed by atoms with Gasteiger partial charge in [0.25, 0.3) is 5.78 Å². The molecule has 2 N–H and O–H groups in total. The number of ether oxygens (including phenoxy) is 1. The second-order valence-corrected chi connectivity index (χ2v) is 10.3. The van der Waals surface area contributed by atoms with Crippen LogP contribution in [0.2, 0.25) is 5.02 Å². The normalized spacial score (nSPS) is 20.7. The number of aliphatic hydroxyl groups excluding tert-OH is 1. The van der Waals surface area contributed by atoms with E-state index >= 15 is 0 Å². The van der Waals surface area contributed by atoms with E-state index in [1.165, 1.54) is 28.4 Å². The van der Waals surface area contributed by atoms with Crippen molar-refractivity contribution in [2.45, 2.75) is 25.5 Å². The molecule has 6 rings (SSSR count). The molecule has 1 aromatic heterocycles. The first-order chi connectivity index (χ1) is 17.3. The monoisotopic (exact) mass is 518 g/mol. The molecule has 4 aromatic rings. The number of carbonyl (C=O) groups is 2. The standard InChI is InChI=1S/C27H19ClN2O5S/c1-13-10-16-11-15(4-9-20(16)35-13)24(32)22-23(14-2-6-18(31)7-3-14)30(26(34)25(22)33)27-29-19-8-5-17(28)12-21(19)36-27/h2-9,11-13,23,31-32H,10H2,1H3/t13-,23-/m1/s1. The van der Waals surface area contributed by atoms with E-state index in [0.29, 0.717) is 33.2 Å². The summed E-state index contributed by atoms with van der Waals surface area (Å²) in [5.41, 5.74) is 2.48. The first-order valence-electron chi connectivity index (χ1n) is 11.3.